The van der Waals surface area contributed by atoms with Crippen molar-refractivity contribution in [3.63, 3.8) is 0 Å². The van der Waals surface area contributed by atoms with Crippen LogP contribution in [0.4, 0.5) is 11.4 Å². The number of anilines is 2. The van der Waals surface area contributed by atoms with Gasteiger partial charge in [0.05, 0.1) is 18.0 Å². The molecule has 2 rings (SSSR count). The lowest BCUT2D eigenvalue weighted by atomic mass is 10.1. The monoisotopic (exact) mass is 288 g/mol. The number of rotatable bonds is 5. The molecule has 6 nitrogen and oxygen atoms in total. The SMILES string of the molecule is CCOc1cccc(N)c1C(=O)Nc1cn(C)nc1CC. The van der Waals surface area contributed by atoms with E-state index in [0.29, 0.717) is 29.3 Å². The summed E-state index contributed by atoms with van der Waals surface area (Å²) >= 11 is 0. The van der Waals surface area contributed by atoms with Gasteiger partial charge in [-0.3, -0.25) is 9.48 Å². The number of benzene rings is 1. The zero-order valence-corrected chi connectivity index (χ0v) is 12.5. The number of hydrogen-bond acceptors (Lipinski definition) is 4. The molecule has 0 saturated heterocycles. The molecule has 0 aliphatic heterocycles. The van der Waals surface area contributed by atoms with Gasteiger partial charge < -0.3 is 15.8 Å². The number of hydrogen-bond donors (Lipinski definition) is 2. The molecule has 0 bridgehead atoms. The quantitative estimate of drug-likeness (QED) is 0.826. The normalized spacial score (nSPS) is 10.4. The fourth-order valence-electron chi connectivity index (χ4n) is 2.15. The number of carbonyl (C=O) groups is 1. The fraction of sp³-hybridized carbons (Fsp3) is 0.333. The Hall–Kier alpha value is -2.50. The van der Waals surface area contributed by atoms with Crippen molar-refractivity contribution >= 4 is 17.3 Å². The standard InChI is InChI=1S/C15H20N4O2/c1-4-11-12(9-19(3)18-11)17-15(20)14-10(16)7-6-8-13(14)21-5-2/h6-9H,4-5,16H2,1-3H3,(H,17,20). The van der Waals surface area contributed by atoms with Crippen LogP contribution in [-0.4, -0.2) is 22.3 Å². The Balaban J connectivity index is 2.32. The largest absolute Gasteiger partial charge is 0.493 e. The van der Waals surface area contributed by atoms with E-state index in [-0.39, 0.29) is 5.91 Å². The maximum atomic E-state index is 12.5. The number of nitrogen functional groups attached to an aromatic ring is 1. The molecule has 0 atom stereocenters. The number of ether oxygens (including phenoxy) is 1. The smallest absolute Gasteiger partial charge is 0.261 e. The summed E-state index contributed by atoms with van der Waals surface area (Å²) in [5.41, 5.74) is 8.18. The lowest BCUT2D eigenvalue weighted by Gasteiger charge is -2.12. The topological polar surface area (TPSA) is 82.2 Å². The lowest BCUT2D eigenvalue weighted by Crippen LogP contribution is -2.16. The number of nitrogens with one attached hydrogen (secondary N) is 1. The van der Waals surface area contributed by atoms with Crippen LogP contribution in [0.15, 0.2) is 24.4 Å². The van der Waals surface area contributed by atoms with E-state index in [1.807, 2.05) is 20.9 Å². The Morgan fingerprint density at radius 3 is 2.86 bits per heavy atom. The molecule has 0 unspecified atom stereocenters. The van der Waals surface area contributed by atoms with E-state index >= 15 is 0 Å². The van der Waals surface area contributed by atoms with Crippen molar-refractivity contribution in [2.45, 2.75) is 20.3 Å². The van der Waals surface area contributed by atoms with Crippen molar-refractivity contribution in [2.24, 2.45) is 7.05 Å². The zero-order valence-electron chi connectivity index (χ0n) is 12.5. The first-order chi connectivity index (χ1) is 10.1. The van der Waals surface area contributed by atoms with Crippen molar-refractivity contribution < 1.29 is 9.53 Å². The molecule has 0 saturated carbocycles. The molecule has 112 valence electrons. The Kier molecular flexibility index (Phi) is 4.47. The predicted octanol–water partition coefficient (Wildman–Crippen LogP) is 2.22. The van der Waals surface area contributed by atoms with Crippen molar-refractivity contribution in [3.05, 3.63) is 35.7 Å². The van der Waals surface area contributed by atoms with Crippen molar-refractivity contribution in [1.29, 1.82) is 0 Å². The minimum absolute atomic E-state index is 0.292. The molecule has 1 amide bonds. The summed E-state index contributed by atoms with van der Waals surface area (Å²) < 4.78 is 7.15. The number of carbonyl (C=O) groups excluding carboxylic acids is 1. The molecular weight excluding hydrogens is 268 g/mol. The molecule has 2 aromatic rings. The van der Waals surface area contributed by atoms with Crippen LogP contribution in [0.2, 0.25) is 0 Å². The highest BCUT2D eigenvalue weighted by Gasteiger charge is 2.18. The Morgan fingerprint density at radius 2 is 2.19 bits per heavy atom. The van der Waals surface area contributed by atoms with E-state index in [9.17, 15) is 4.79 Å². The van der Waals surface area contributed by atoms with Crippen LogP contribution in [0.5, 0.6) is 5.75 Å². The summed E-state index contributed by atoms with van der Waals surface area (Å²) in [4.78, 5) is 12.5. The van der Waals surface area contributed by atoms with Crippen LogP contribution < -0.4 is 15.8 Å². The highest BCUT2D eigenvalue weighted by atomic mass is 16.5. The second kappa shape index (κ2) is 6.30. The number of amides is 1. The van der Waals surface area contributed by atoms with Gasteiger partial charge >= 0.3 is 0 Å². The van der Waals surface area contributed by atoms with E-state index in [2.05, 4.69) is 10.4 Å². The average Bonchev–Trinajstić information content (AvgIpc) is 2.79. The third-order valence-corrected chi connectivity index (χ3v) is 3.07. The minimum atomic E-state index is -0.292. The van der Waals surface area contributed by atoms with E-state index in [1.165, 1.54) is 0 Å². The first kappa shape index (κ1) is 14.9. The second-order valence-electron chi connectivity index (χ2n) is 4.62. The number of nitrogens with two attached hydrogens (primary N) is 1. The third-order valence-electron chi connectivity index (χ3n) is 3.07. The van der Waals surface area contributed by atoms with E-state index in [1.54, 1.807) is 29.1 Å². The van der Waals surface area contributed by atoms with Gasteiger partial charge in [-0.05, 0) is 25.5 Å². The van der Waals surface area contributed by atoms with Crippen molar-refractivity contribution in [2.75, 3.05) is 17.7 Å². The summed E-state index contributed by atoms with van der Waals surface area (Å²) in [6, 6.07) is 5.18. The molecule has 21 heavy (non-hydrogen) atoms. The highest BCUT2D eigenvalue weighted by molar-refractivity contribution is 6.09. The van der Waals surface area contributed by atoms with Gasteiger partial charge in [-0.1, -0.05) is 13.0 Å². The summed E-state index contributed by atoms with van der Waals surface area (Å²) in [5, 5.41) is 7.15. The average molecular weight is 288 g/mol. The Labute approximate surface area is 123 Å². The molecule has 0 radical (unpaired) electrons. The van der Waals surface area contributed by atoms with Crippen LogP contribution >= 0.6 is 0 Å². The summed E-state index contributed by atoms with van der Waals surface area (Å²) in [7, 11) is 1.82. The van der Waals surface area contributed by atoms with Crippen LogP contribution in [0.25, 0.3) is 0 Å². The van der Waals surface area contributed by atoms with Gasteiger partial charge in [0.2, 0.25) is 0 Å². The number of nitrogens with zero attached hydrogens (tertiary/aromatic N) is 2. The van der Waals surface area contributed by atoms with Gasteiger partial charge in [0.15, 0.2) is 0 Å². The molecule has 0 spiro atoms. The van der Waals surface area contributed by atoms with E-state index in [0.717, 1.165) is 12.1 Å². The first-order valence-electron chi connectivity index (χ1n) is 6.92. The summed E-state index contributed by atoms with van der Waals surface area (Å²) in [6.45, 7) is 4.32. The predicted molar refractivity (Wildman–Crippen MR) is 82.6 cm³/mol. The van der Waals surface area contributed by atoms with E-state index in [4.69, 9.17) is 10.5 Å². The Morgan fingerprint density at radius 1 is 1.43 bits per heavy atom. The number of aryl methyl sites for hydroxylation is 2. The maximum Gasteiger partial charge on any atom is 0.261 e. The minimum Gasteiger partial charge on any atom is -0.493 e. The molecule has 1 aromatic heterocycles. The van der Waals surface area contributed by atoms with Crippen molar-refractivity contribution in [1.82, 2.24) is 9.78 Å². The molecule has 1 heterocycles. The van der Waals surface area contributed by atoms with Gasteiger partial charge in [-0.2, -0.15) is 5.10 Å². The second-order valence-corrected chi connectivity index (χ2v) is 4.62. The maximum absolute atomic E-state index is 12.5. The van der Waals surface area contributed by atoms with Gasteiger partial charge in [-0.15, -0.1) is 0 Å². The molecule has 0 aliphatic carbocycles. The van der Waals surface area contributed by atoms with Gasteiger partial charge in [0.25, 0.3) is 5.91 Å². The van der Waals surface area contributed by atoms with Crippen LogP contribution in [0.1, 0.15) is 29.9 Å². The fourth-order valence-corrected chi connectivity index (χ4v) is 2.15. The molecule has 1 aromatic carbocycles. The number of aromatic nitrogens is 2. The molecule has 0 fully saturated rings. The van der Waals surface area contributed by atoms with Gasteiger partial charge in [0.1, 0.15) is 11.3 Å². The van der Waals surface area contributed by atoms with Gasteiger partial charge in [-0.25, -0.2) is 0 Å². The lowest BCUT2D eigenvalue weighted by molar-refractivity contribution is 0.102. The van der Waals surface area contributed by atoms with Crippen LogP contribution in [0, 0.1) is 0 Å². The first-order valence-corrected chi connectivity index (χ1v) is 6.92. The van der Waals surface area contributed by atoms with E-state index < -0.39 is 0 Å². The van der Waals surface area contributed by atoms with Gasteiger partial charge in [0, 0.05) is 18.9 Å². The third kappa shape index (κ3) is 3.16. The molecule has 6 heteroatoms. The Bertz CT molecular complexity index is 649. The van der Waals surface area contributed by atoms with Crippen LogP contribution in [-0.2, 0) is 13.5 Å². The van der Waals surface area contributed by atoms with Crippen molar-refractivity contribution in [3.8, 4) is 5.75 Å². The summed E-state index contributed by atoms with van der Waals surface area (Å²) in [6.07, 6.45) is 2.51. The summed E-state index contributed by atoms with van der Waals surface area (Å²) in [5.74, 6) is 0.191. The zero-order chi connectivity index (χ0) is 15.4. The molecule has 0 aliphatic rings. The molecule has 3 N–H and O–H groups in total. The highest BCUT2D eigenvalue weighted by Crippen LogP contribution is 2.26. The van der Waals surface area contributed by atoms with Crippen LogP contribution in [0.3, 0.4) is 0 Å². The molecular formula is C15H20N4O2.